The molecule has 0 aliphatic heterocycles. The summed E-state index contributed by atoms with van der Waals surface area (Å²) in [6, 6.07) is 14.1. The molecule has 0 bridgehead atoms. The van der Waals surface area contributed by atoms with Gasteiger partial charge in [0.05, 0.1) is 49.3 Å². The van der Waals surface area contributed by atoms with E-state index in [1.807, 2.05) is 29.6 Å². The first-order chi connectivity index (χ1) is 19.5. The number of thiazole rings is 1. The zero-order valence-electron chi connectivity index (χ0n) is 21.1. The Labute approximate surface area is 262 Å². The summed E-state index contributed by atoms with van der Waals surface area (Å²) in [5.74, 6) is -1.87. The van der Waals surface area contributed by atoms with Crippen molar-refractivity contribution in [2.24, 2.45) is 0 Å². The number of nitrogens with one attached hydrogen (secondary N) is 2. The van der Waals surface area contributed by atoms with Crippen LogP contribution in [-0.2, 0) is 4.79 Å². The van der Waals surface area contributed by atoms with Crippen molar-refractivity contribution in [3.8, 4) is 17.0 Å². The maximum absolute atomic E-state index is 13.1. The van der Waals surface area contributed by atoms with E-state index in [-0.39, 0.29) is 21.0 Å². The summed E-state index contributed by atoms with van der Waals surface area (Å²) in [7, 11) is 1.60. The number of carbonyl (C=O) groups excluding carboxylic acids is 2. The molecule has 0 saturated carbocycles. The lowest BCUT2D eigenvalue weighted by Gasteiger charge is -2.15. The lowest BCUT2D eigenvalue weighted by molar-refractivity contribution is -0.115. The number of methoxy groups -OCH3 is 1. The fourth-order valence-corrected chi connectivity index (χ4v) is 6.24. The van der Waals surface area contributed by atoms with Crippen molar-refractivity contribution >= 4 is 98.1 Å². The van der Waals surface area contributed by atoms with Gasteiger partial charge in [-0.05, 0) is 49.4 Å². The highest BCUT2D eigenvalue weighted by atomic mass is 35.5. The number of carboxylic acid groups (broad SMARTS) is 1. The van der Waals surface area contributed by atoms with Crippen LogP contribution in [0.2, 0.25) is 20.1 Å². The second-order valence-corrected chi connectivity index (χ2v) is 12.1. The fourth-order valence-electron chi connectivity index (χ4n) is 3.58. The fraction of sp³-hybridized carbons (Fsp3) is 0.111. The summed E-state index contributed by atoms with van der Waals surface area (Å²) in [5, 5.41) is 15.6. The molecule has 0 spiro atoms. The highest BCUT2D eigenvalue weighted by Crippen LogP contribution is 2.42. The number of carboxylic acids is 1. The highest BCUT2D eigenvalue weighted by molar-refractivity contribution is 8.00. The third kappa shape index (κ3) is 7.09. The number of ether oxygens (including phenoxy) is 1. The highest BCUT2D eigenvalue weighted by Gasteiger charge is 2.29. The average Bonchev–Trinajstić information content (AvgIpc) is 3.42. The van der Waals surface area contributed by atoms with Crippen molar-refractivity contribution in [1.82, 2.24) is 4.98 Å². The summed E-state index contributed by atoms with van der Waals surface area (Å²) in [4.78, 5) is 42.9. The molecular formula is C27H19Cl4N3O5S2. The number of aromatic nitrogens is 1. The average molecular weight is 671 g/mol. The van der Waals surface area contributed by atoms with Crippen molar-refractivity contribution in [2.45, 2.75) is 17.1 Å². The number of carbonyl (C=O) groups is 3. The molecule has 1 heterocycles. The largest absolute Gasteiger partial charge is 0.497 e. The molecule has 1 atom stereocenters. The molecule has 3 aromatic carbocycles. The summed E-state index contributed by atoms with van der Waals surface area (Å²) in [6.07, 6.45) is 0. The molecule has 3 N–H and O–H groups in total. The Hall–Kier alpha value is -2.99. The Morgan fingerprint density at radius 3 is 2.24 bits per heavy atom. The number of halogens is 4. The first-order valence-electron chi connectivity index (χ1n) is 11.6. The van der Waals surface area contributed by atoms with Crippen LogP contribution in [-0.4, -0.2) is 40.2 Å². The van der Waals surface area contributed by atoms with Crippen LogP contribution in [0.15, 0.2) is 58.8 Å². The van der Waals surface area contributed by atoms with Crippen LogP contribution < -0.4 is 15.4 Å². The Morgan fingerprint density at radius 1 is 0.951 bits per heavy atom. The molecule has 0 aliphatic rings. The molecule has 41 heavy (non-hydrogen) atoms. The lowest BCUT2D eigenvalue weighted by atomic mass is 10.1. The standard InChI is InChI=1S/C27H19Cl4N3O5S2/c1-12(24(35)34-27-33-17(11-40-27)13-6-8-15(39-2)9-7-13)41-16-5-3-4-14(10-16)32-25(36)18-19(26(37)38)21(29)23(31)22(30)20(18)28/h3-12H,1-2H3,(H,32,36)(H,37,38)(H,33,34,35). The van der Waals surface area contributed by atoms with Crippen molar-refractivity contribution in [3.63, 3.8) is 0 Å². The summed E-state index contributed by atoms with van der Waals surface area (Å²) in [6.45, 7) is 1.74. The molecule has 0 radical (unpaired) electrons. The molecular weight excluding hydrogens is 652 g/mol. The van der Waals surface area contributed by atoms with Gasteiger partial charge in [0.25, 0.3) is 5.91 Å². The molecule has 1 aromatic heterocycles. The number of aromatic carboxylic acids is 1. The number of thioether (sulfide) groups is 1. The molecule has 8 nitrogen and oxygen atoms in total. The number of benzene rings is 3. The molecule has 0 fully saturated rings. The zero-order chi connectivity index (χ0) is 29.8. The number of rotatable bonds is 9. The van der Waals surface area contributed by atoms with Crippen molar-refractivity contribution < 1.29 is 24.2 Å². The van der Waals surface area contributed by atoms with E-state index in [0.29, 0.717) is 15.7 Å². The Kier molecular flexibility index (Phi) is 10.1. The van der Waals surface area contributed by atoms with Crippen LogP contribution in [0, 0.1) is 0 Å². The quantitative estimate of drug-likeness (QED) is 0.0928. The number of nitrogens with zero attached hydrogens (tertiary/aromatic N) is 1. The first-order valence-corrected chi connectivity index (χ1v) is 14.8. The first kappa shape index (κ1) is 31.0. The topological polar surface area (TPSA) is 118 Å². The molecule has 2 amide bonds. The van der Waals surface area contributed by atoms with Gasteiger partial charge in [0.2, 0.25) is 5.91 Å². The predicted octanol–water partition coefficient (Wildman–Crippen LogP) is 8.50. The van der Waals surface area contributed by atoms with Crippen LogP contribution in [0.1, 0.15) is 27.6 Å². The smallest absolute Gasteiger partial charge is 0.338 e. The van der Waals surface area contributed by atoms with Crippen molar-refractivity contribution in [1.29, 1.82) is 0 Å². The SMILES string of the molecule is COc1ccc(-c2csc(NC(=O)C(C)Sc3cccc(NC(=O)c4c(Cl)c(Cl)c(Cl)c(Cl)c4C(=O)O)c3)n2)cc1. The molecule has 4 aromatic rings. The molecule has 4 rings (SSSR count). The second kappa shape index (κ2) is 13.3. The van der Waals surface area contributed by atoms with Crippen LogP contribution in [0.5, 0.6) is 5.75 Å². The van der Waals surface area contributed by atoms with Crippen molar-refractivity contribution in [3.05, 3.63) is 85.1 Å². The zero-order valence-corrected chi connectivity index (χ0v) is 25.8. The molecule has 1 unspecified atom stereocenters. The molecule has 0 aliphatic carbocycles. The normalized spacial score (nSPS) is 11.6. The van der Waals surface area contributed by atoms with Crippen LogP contribution in [0.4, 0.5) is 10.8 Å². The number of hydrogen-bond acceptors (Lipinski definition) is 7. The summed E-state index contributed by atoms with van der Waals surface area (Å²) >= 11 is 26.8. The van der Waals surface area contributed by atoms with E-state index in [4.69, 9.17) is 51.1 Å². The second-order valence-electron chi connectivity index (χ2n) is 8.31. The molecule has 14 heteroatoms. The van der Waals surface area contributed by atoms with E-state index in [1.54, 1.807) is 38.3 Å². The third-order valence-electron chi connectivity index (χ3n) is 5.60. The minimum atomic E-state index is -1.50. The van der Waals surface area contributed by atoms with Gasteiger partial charge in [-0.25, -0.2) is 9.78 Å². The summed E-state index contributed by atoms with van der Waals surface area (Å²) < 4.78 is 5.18. The summed E-state index contributed by atoms with van der Waals surface area (Å²) in [5.41, 5.74) is 0.944. The van der Waals surface area contributed by atoms with E-state index in [2.05, 4.69) is 15.6 Å². The number of hydrogen-bond donors (Lipinski definition) is 3. The van der Waals surface area contributed by atoms with E-state index in [9.17, 15) is 19.5 Å². The van der Waals surface area contributed by atoms with Gasteiger partial charge in [0.1, 0.15) is 5.75 Å². The van der Waals surface area contributed by atoms with Gasteiger partial charge in [-0.2, -0.15) is 0 Å². The Morgan fingerprint density at radius 2 is 1.61 bits per heavy atom. The monoisotopic (exact) mass is 669 g/mol. The van der Waals surface area contributed by atoms with Crippen molar-refractivity contribution in [2.75, 3.05) is 17.7 Å². The van der Waals surface area contributed by atoms with E-state index >= 15 is 0 Å². The van der Waals surface area contributed by atoms with Gasteiger partial charge in [-0.15, -0.1) is 23.1 Å². The lowest BCUT2D eigenvalue weighted by Crippen LogP contribution is -2.22. The number of amides is 2. The predicted molar refractivity (Wildman–Crippen MR) is 166 cm³/mol. The minimum absolute atomic E-state index is 0.242. The minimum Gasteiger partial charge on any atom is -0.497 e. The maximum atomic E-state index is 13.1. The van der Waals surface area contributed by atoms with Crippen LogP contribution in [0.3, 0.4) is 0 Å². The third-order valence-corrected chi connectivity index (χ3v) is 9.26. The Bertz CT molecular complexity index is 1650. The maximum Gasteiger partial charge on any atom is 0.338 e. The molecule has 212 valence electrons. The molecule has 0 saturated heterocycles. The van der Waals surface area contributed by atoms with Gasteiger partial charge >= 0.3 is 5.97 Å². The Balaban J connectivity index is 1.44. The van der Waals surface area contributed by atoms with Gasteiger partial charge < -0.3 is 20.5 Å². The van der Waals surface area contributed by atoms with Crippen LogP contribution in [0.25, 0.3) is 11.3 Å². The van der Waals surface area contributed by atoms with E-state index in [0.717, 1.165) is 17.0 Å². The number of anilines is 2. The van der Waals surface area contributed by atoms with Gasteiger partial charge in [0, 0.05) is 21.5 Å². The van der Waals surface area contributed by atoms with Crippen LogP contribution >= 0.6 is 69.5 Å². The van der Waals surface area contributed by atoms with Gasteiger partial charge in [-0.3, -0.25) is 9.59 Å². The van der Waals surface area contributed by atoms with Gasteiger partial charge in [0.15, 0.2) is 5.13 Å². The van der Waals surface area contributed by atoms with E-state index < -0.39 is 33.3 Å². The van der Waals surface area contributed by atoms with Gasteiger partial charge in [-0.1, -0.05) is 52.5 Å². The van der Waals surface area contributed by atoms with E-state index in [1.165, 1.54) is 23.1 Å².